The predicted octanol–water partition coefficient (Wildman–Crippen LogP) is 3.46. The number of nitriles is 1. The highest BCUT2D eigenvalue weighted by Gasteiger charge is 2.17. The second-order valence-electron chi connectivity index (χ2n) is 8.74. The molecule has 0 aliphatic heterocycles. The molecule has 11 nitrogen and oxygen atoms in total. The van der Waals surface area contributed by atoms with Gasteiger partial charge in [0.25, 0.3) is 0 Å². The standard InChI is InChI=1S/C28H31N7O4/c1-20-25(33-28(38)30-11-12-34(13-15-36)14-16-37)19-35-27(20)26(21(17-29)18-31-35)32-22-7-9-24(10-8-22)39-23-5-3-2-4-6-23/h2-10,18-19,32,36-37H,11-16H2,1H3,(H2,30,33,38). The van der Waals surface area contributed by atoms with Crippen LogP contribution in [0.2, 0.25) is 0 Å². The van der Waals surface area contributed by atoms with Gasteiger partial charge in [-0.15, -0.1) is 0 Å². The van der Waals surface area contributed by atoms with Crippen LogP contribution in [0.15, 0.2) is 67.0 Å². The van der Waals surface area contributed by atoms with E-state index in [4.69, 9.17) is 14.9 Å². The average molecular weight is 530 g/mol. The van der Waals surface area contributed by atoms with Crippen LogP contribution in [-0.2, 0) is 0 Å². The Bertz CT molecular complexity index is 1430. The quantitative estimate of drug-likeness (QED) is 0.187. The number of urea groups is 1. The van der Waals surface area contributed by atoms with E-state index in [1.807, 2.05) is 66.4 Å². The zero-order chi connectivity index (χ0) is 27.6. The van der Waals surface area contributed by atoms with E-state index in [-0.39, 0.29) is 13.2 Å². The minimum atomic E-state index is -0.397. The number of aromatic nitrogens is 2. The Balaban J connectivity index is 1.48. The van der Waals surface area contributed by atoms with Crippen molar-refractivity contribution >= 4 is 28.6 Å². The molecule has 0 aliphatic rings. The van der Waals surface area contributed by atoms with Gasteiger partial charge in [-0.05, 0) is 43.3 Å². The summed E-state index contributed by atoms with van der Waals surface area (Å²) in [6, 6.07) is 18.7. The van der Waals surface area contributed by atoms with Crippen LogP contribution in [0, 0.1) is 18.3 Å². The van der Waals surface area contributed by atoms with E-state index in [0.29, 0.717) is 54.4 Å². The summed E-state index contributed by atoms with van der Waals surface area (Å²) < 4.78 is 7.47. The number of fused-ring (bicyclic) bond motifs is 1. The highest BCUT2D eigenvalue weighted by molar-refractivity contribution is 5.94. The van der Waals surface area contributed by atoms with Gasteiger partial charge in [0.2, 0.25) is 0 Å². The molecule has 2 aromatic heterocycles. The highest BCUT2D eigenvalue weighted by Crippen LogP contribution is 2.33. The van der Waals surface area contributed by atoms with Crippen molar-refractivity contribution in [2.24, 2.45) is 0 Å². The molecule has 0 aliphatic carbocycles. The first kappa shape index (κ1) is 27.4. The largest absolute Gasteiger partial charge is 0.457 e. The zero-order valence-electron chi connectivity index (χ0n) is 21.6. The van der Waals surface area contributed by atoms with Gasteiger partial charge in [0, 0.05) is 37.4 Å². The molecule has 202 valence electrons. The van der Waals surface area contributed by atoms with Crippen LogP contribution in [0.25, 0.3) is 5.52 Å². The van der Waals surface area contributed by atoms with E-state index in [2.05, 4.69) is 27.1 Å². The molecular weight excluding hydrogens is 498 g/mol. The van der Waals surface area contributed by atoms with Gasteiger partial charge in [0.1, 0.15) is 17.6 Å². The van der Waals surface area contributed by atoms with Gasteiger partial charge in [-0.1, -0.05) is 18.2 Å². The number of carbonyl (C=O) groups excluding carboxylic acids is 1. The first-order chi connectivity index (χ1) is 19.0. The smallest absolute Gasteiger partial charge is 0.319 e. The summed E-state index contributed by atoms with van der Waals surface area (Å²) >= 11 is 0. The van der Waals surface area contributed by atoms with E-state index in [1.54, 1.807) is 10.7 Å². The monoisotopic (exact) mass is 529 g/mol. The summed E-state index contributed by atoms with van der Waals surface area (Å²) in [5, 5.41) is 41.3. The summed E-state index contributed by atoms with van der Waals surface area (Å²) in [6.07, 6.45) is 3.17. The minimum absolute atomic E-state index is 0.0254. The van der Waals surface area contributed by atoms with E-state index in [9.17, 15) is 10.1 Å². The number of hydrogen-bond acceptors (Lipinski definition) is 8. The van der Waals surface area contributed by atoms with E-state index in [0.717, 1.165) is 17.0 Å². The van der Waals surface area contributed by atoms with Crippen molar-refractivity contribution in [1.82, 2.24) is 19.8 Å². The van der Waals surface area contributed by atoms with Gasteiger partial charge in [0.15, 0.2) is 0 Å². The van der Waals surface area contributed by atoms with Gasteiger partial charge < -0.3 is 30.9 Å². The Labute approximate surface area is 226 Å². The van der Waals surface area contributed by atoms with Crippen LogP contribution in [-0.4, -0.2) is 70.2 Å². The summed E-state index contributed by atoms with van der Waals surface area (Å²) in [4.78, 5) is 14.4. The summed E-state index contributed by atoms with van der Waals surface area (Å²) in [7, 11) is 0. The number of benzene rings is 2. The van der Waals surface area contributed by atoms with Crippen molar-refractivity contribution in [1.29, 1.82) is 5.26 Å². The molecule has 0 atom stereocenters. The Hall–Kier alpha value is -4.63. The van der Waals surface area contributed by atoms with Crippen molar-refractivity contribution in [3.63, 3.8) is 0 Å². The molecule has 2 heterocycles. The lowest BCUT2D eigenvalue weighted by atomic mass is 10.1. The van der Waals surface area contributed by atoms with E-state index in [1.165, 1.54) is 6.20 Å². The van der Waals surface area contributed by atoms with Crippen molar-refractivity contribution in [2.75, 3.05) is 50.0 Å². The number of carbonyl (C=O) groups is 1. The Morgan fingerprint density at radius 2 is 1.74 bits per heavy atom. The van der Waals surface area contributed by atoms with Crippen LogP contribution in [0.4, 0.5) is 21.9 Å². The molecule has 0 saturated heterocycles. The number of amides is 2. The topological polar surface area (TPSA) is 147 Å². The Kier molecular flexibility index (Phi) is 9.31. The maximum absolute atomic E-state index is 12.6. The first-order valence-corrected chi connectivity index (χ1v) is 12.5. The predicted molar refractivity (Wildman–Crippen MR) is 149 cm³/mol. The van der Waals surface area contributed by atoms with Crippen molar-refractivity contribution in [2.45, 2.75) is 6.92 Å². The number of nitrogens with zero attached hydrogens (tertiary/aromatic N) is 4. The molecule has 0 radical (unpaired) electrons. The third-order valence-corrected chi connectivity index (χ3v) is 6.07. The van der Waals surface area contributed by atoms with Crippen LogP contribution >= 0.6 is 0 Å². The summed E-state index contributed by atoms with van der Waals surface area (Å²) in [5.41, 5.74) is 3.63. The molecule has 4 rings (SSSR count). The van der Waals surface area contributed by atoms with E-state index >= 15 is 0 Å². The maximum atomic E-state index is 12.6. The average Bonchev–Trinajstić information content (AvgIpc) is 3.25. The van der Waals surface area contributed by atoms with Gasteiger partial charge in [-0.2, -0.15) is 10.4 Å². The molecule has 39 heavy (non-hydrogen) atoms. The number of para-hydroxylation sites is 1. The zero-order valence-corrected chi connectivity index (χ0v) is 21.6. The third kappa shape index (κ3) is 7.03. The summed E-state index contributed by atoms with van der Waals surface area (Å²) in [6.45, 7) is 3.46. The number of hydrogen-bond donors (Lipinski definition) is 5. The fourth-order valence-electron chi connectivity index (χ4n) is 4.11. The molecule has 4 aromatic rings. The normalized spacial score (nSPS) is 10.8. The summed E-state index contributed by atoms with van der Waals surface area (Å²) in [5.74, 6) is 1.42. The Morgan fingerprint density at radius 1 is 1.05 bits per heavy atom. The third-order valence-electron chi connectivity index (χ3n) is 6.07. The molecule has 0 spiro atoms. The molecule has 11 heteroatoms. The fourth-order valence-corrected chi connectivity index (χ4v) is 4.11. The van der Waals surface area contributed by atoms with Gasteiger partial charge in [0.05, 0.1) is 48.1 Å². The lowest BCUT2D eigenvalue weighted by Crippen LogP contribution is -2.39. The van der Waals surface area contributed by atoms with Crippen LogP contribution in [0.5, 0.6) is 11.5 Å². The maximum Gasteiger partial charge on any atom is 0.319 e. The second-order valence-corrected chi connectivity index (χ2v) is 8.74. The number of aliphatic hydroxyl groups is 2. The second kappa shape index (κ2) is 13.3. The lowest BCUT2D eigenvalue weighted by molar-refractivity contribution is 0.162. The van der Waals surface area contributed by atoms with Crippen molar-refractivity contribution in [3.05, 3.63) is 78.1 Å². The van der Waals surface area contributed by atoms with Crippen LogP contribution in [0.1, 0.15) is 11.1 Å². The number of anilines is 3. The number of aliphatic hydroxyl groups excluding tert-OH is 2. The van der Waals surface area contributed by atoms with Gasteiger partial charge in [-0.3, -0.25) is 4.90 Å². The molecule has 0 bridgehead atoms. The van der Waals surface area contributed by atoms with Gasteiger partial charge in [-0.25, -0.2) is 9.31 Å². The number of aryl methyl sites for hydroxylation is 1. The van der Waals surface area contributed by atoms with Crippen molar-refractivity contribution in [3.8, 4) is 17.6 Å². The molecule has 2 amide bonds. The number of nitrogens with one attached hydrogen (secondary N) is 3. The Morgan fingerprint density at radius 3 is 2.41 bits per heavy atom. The molecule has 0 fully saturated rings. The fraction of sp³-hybridized carbons (Fsp3) is 0.250. The molecule has 0 unspecified atom stereocenters. The number of rotatable bonds is 12. The highest BCUT2D eigenvalue weighted by atomic mass is 16.5. The molecular formula is C28H31N7O4. The lowest BCUT2D eigenvalue weighted by Gasteiger charge is -2.20. The molecule has 0 saturated carbocycles. The van der Waals surface area contributed by atoms with Crippen LogP contribution in [0.3, 0.4) is 0 Å². The minimum Gasteiger partial charge on any atom is -0.457 e. The van der Waals surface area contributed by atoms with Crippen LogP contribution < -0.4 is 20.7 Å². The van der Waals surface area contributed by atoms with E-state index < -0.39 is 6.03 Å². The number of ether oxygens (including phenoxy) is 1. The van der Waals surface area contributed by atoms with Gasteiger partial charge >= 0.3 is 6.03 Å². The molecule has 2 aromatic carbocycles. The van der Waals surface area contributed by atoms with Crippen molar-refractivity contribution < 1.29 is 19.7 Å². The first-order valence-electron chi connectivity index (χ1n) is 12.5. The molecule has 5 N–H and O–H groups in total. The SMILES string of the molecule is Cc1c(NC(=O)NCCN(CCO)CCO)cn2ncc(C#N)c(Nc3ccc(Oc4ccccc4)cc3)c12.